The second kappa shape index (κ2) is 9.65. The number of amides is 1. The lowest BCUT2D eigenvalue weighted by Gasteiger charge is -2.26. The third-order valence-electron chi connectivity index (χ3n) is 6.52. The van der Waals surface area contributed by atoms with E-state index >= 15 is 0 Å². The van der Waals surface area contributed by atoms with Crippen molar-refractivity contribution in [1.82, 2.24) is 14.9 Å². The van der Waals surface area contributed by atoms with Gasteiger partial charge in [0, 0.05) is 55.4 Å². The number of pyridine rings is 2. The second-order valence-electron chi connectivity index (χ2n) is 8.63. The average molecular weight is 459 g/mol. The molecular formula is C26H26N4O4. The lowest BCUT2D eigenvalue weighted by Crippen LogP contribution is -2.38. The van der Waals surface area contributed by atoms with Crippen LogP contribution in [0, 0.1) is 17.2 Å². The van der Waals surface area contributed by atoms with Crippen LogP contribution in [0.1, 0.15) is 24.8 Å². The van der Waals surface area contributed by atoms with Crippen LogP contribution in [-0.2, 0) is 9.53 Å². The van der Waals surface area contributed by atoms with Crippen molar-refractivity contribution in [3.63, 3.8) is 0 Å². The van der Waals surface area contributed by atoms with E-state index in [9.17, 15) is 10.1 Å². The summed E-state index contributed by atoms with van der Waals surface area (Å²) in [5.41, 5.74) is 2.90. The molecule has 1 atom stereocenters. The van der Waals surface area contributed by atoms with Gasteiger partial charge < -0.3 is 19.1 Å². The van der Waals surface area contributed by atoms with Crippen LogP contribution in [0.25, 0.3) is 22.0 Å². The number of likely N-dealkylation sites (tertiary alicyclic amines) is 1. The van der Waals surface area contributed by atoms with Crippen molar-refractivity contribution < 1.29 is 19.0 Å². The molecule has 4 heterocycles. The molecule has 5 rings (SSSR count). The first-order chi connectivity index (χ1) is 16.7. The standard InChI is InChI=1S/C26H26N4O4/c1-32-25-18(14-27)12-19(15-29-25)22-4-8-28-24-3-2-20(13-23(22)24)34-21-5-9-30(16-21)26(31)17-6-10-33-11-7-17/h2-4,8,12-13,15,17,21H,5-7,9-11,16H2,1H3. The molecule has 1 aromatic carbocycles. The zero-order valence-electron chi connectivity index (χ0n) is 19.1. The van der Waals surface area contributed by atoms with E-state index in [0.717, 1.165) is 53.6 Å². The predicted octanol–water partition coefficient (Wildman–Crippen LogP) is 3.58. The van der Waals surface area contributed by atoms with Crippen LogP contribution in [0.5, 0.6) is 11.6 Å². The van der Waals surface area contributed by atoms with Crippen LogP contribution < -0.4 is 9.47 Å². The molecule has 0 N–H and O–H groups in total. The van der Waals surface area contributed by atoms with Gasteiger partial charge in [-0.05, 0) is 48.7 Å². The summed E-state index contributed by atoms with van der Waals surface area (Å²) >= 11 is 0. The molecule has 3 aromatic rings. The maximum atomic E-state index is 12.8. The van der Waals surface area contributed by atoms with E-state index in [1.54, 1.807) is 18.5 Å². The van der Waals surface area contributed by atoms with Crippen LogP contribution in [0.15, 0.2) is 42.7 Å². The van der Waals surface area contributed by atoms with Crippen LogP contribution in [-0.4, -0.2) is 60.3 Å². The molecule has 8 nitrogen and oxygen atoms in total. The summed E-state index contributed by atoms with van der Waals surface area (Å²) in [6.45, 7) is 2.65. The molecule has 2 saturated heterocycles. The topological polar surface area (TPSA) is 97.6 Å². The molecule has 2 aliphatic rings. The van der Waals surface area contributed by atoms with Gasteiger partial charge in [0.25, 0.3) is 0 Å². The number of hydrogen-bond acceptors (Lipinski definition) is 7. The van der Waals surface area contributed by atoms with E-state index in [0.29, 0.717) is 31.2 Å². The van der Waals surface area contributed by atoms with E-state index in [4.69, 9.17) is 14.2 Å². The number of nitrogens with zero attached hydrogens (tertiary/aromatic N) is 4. The third kappa shape index (κ3) is 4.39. The van der Waals surface area contributed by atoms with Crippen molar-refractivity contribution in [2.24, 2.45) is 5.92 Å². The SMILES string of the molecule is COc1ncc(-c2ccnc3ccc(OC4CCN(C(=O)C5CCOCC5)C4)cc23)cc1C#N. The maximum absolute atomic E-state index is 12.8. The van der Waals surface area contributed by atoms with Gasteiger partial charge in [-0.2, -0.15) is 5.26 Å². The Labute approximate surface area is 198 Å². The number of nitriles is 1. The van der Waals surface area contributed by atoms with E-state index in [1.165, 1.54) is 7.11 Å². The van der Waals surface area contributed by atoms with Crippen LogP contribution in [0.4, 0.5) is 0 Å². The van der Waals surface area contributed by atoms with Crippen LogP contribution in [0.2, 0.25) is 0 Å². The largest absolute Gasteiger partial charge is 0.488 e. The fraction of sp³-hybridized carbons (Fsp3) is 0.385. The minimum atomic E-state index is -0.0470. The summed E-state index contributed by atoms with van der Waals surface area (Å²) in [7, 11) is 1.50. The Morgan fingerprint density at radius 3 is 2.82 bits per heavy atom. The Balaban J connectivity index is 1.36. The molecule has 0 radical (unpaired) electrons. The highest BCUT2D eigenvalue weighted by Crippen LogP contribution is 2.32. The van der Waals surface area contributed by atoms with E-state index in [1.807, 2.05) is 29.2 Å². The summed E-state index contributed by atoms with van der Waals surface area (Å²) in [6.07, 6.45) is 5.80. The van der Waals surface area contributed by atoms with Gasteiger partial charge in [0.05, 0.1) is 19.2 Å². The zero-order valence-corrected chi connectivity index (χ0v) is 19.1. The Bertz CT molecular complexity index is 1250. The van der Waals surface area contributed by atoms with Crippen molar-refractivity contribution in [2.75, 3.05) is 33.4 Å². The van der Waals surface area contributed by atoms with Gasteiger partial charge >= 0.3 is 0 Å². The molecule has 34 heavy (non-hydrogen) atoms. The van der Waals surface area contributed by atoms with Crippen LogP contribution >= 0.6 is 0 Å². The Kier molecular flexibility index (Phi) is 6.28. The minimum absolute atomic E-state index is 0.0470. The fourth-order valence-electron chi connectivity index (χ4n) is 4.71. The lowest BCUT2D eigenvalue weighted by molar-refractivity contribution is -0.137. The van der Waals surface area contributed by atoms with Gasteiger partial charge in [-0.15, -0.1) is 0 Å². The summed E-state index contributed by atoms with van der Waals surface area (Å²) in [6, 6.07) is 11.6. The highest BCUT2D eigenvalue weighted by atomic mass is 16.5. The predicted molar refractivity (Wildman–Crippen MR) is 125 cm³/mol. The first-order valence-corrected chi connectivity index (χ1v) is 11.5. The third-order valence-corrected chi connectivity index (χ3v) is 6.52. The normalized spacial score (nSPS) is 18.6. The molecule has 0 aliphatic carbocycles. The number of hydrogen-bond donors (Lipinski definition) is 0. The Hall–Kier alpha value is -3.70. The highest BCUT2D eigenvalue weighted by molar-refractivity contribution is 5.95. The minimum Gasteiger partial charge on any atom is -0.488 e. The maximum Gasteiger partial charge on any atom is 0.231 e. The number of carbonyl (C=O) groups is 1. The lowest BCUT2D eigenvalue weighted by atomic mass is 9.99. The number of methoxy groups -OCH3 is 1. The van der Waals surface area contributed by atoms with Crippen molar-refractivity contribution in [2.45, 2.75) is 25.4 Å². The fourth-order valence-corrected chi connectivity index (χ4v) is 4.71. The molecule has 2 aromatic heterocycles. The number of benzene rings is 1. The molecule has 2 aliphatic heterocycles. The molecule has 1 amide bonds. The molecule has 0 bridgehead atoms. The molecule has 1 unspecified atom stereocenters. The summed E-state index contributed by atoms with van der Waals surface area (Å²) in [5, 5.41) is 10.4. The molecular weight excluding hydrogens is 432 g/mol. The number of aromatic nitrogens is 2. The number of ether oxygens (including phenoxy) is 3. The Morgan fingerprint density at radius 1 is 1.18 bits per heavy atom. The van der Waals surface area contributed by atoms with Crippen LogP contribution in [0.3, 0.4) is 0 Å². The van der Waals surface area contributed by atoms with E-state index < -0.39 is 0 Å². The van der Waals surface area contributed by atoms with Crippen molar-refractivity contribution in [1.29, 1.82) is 5.26 Å². The van der Waals surface area contributed by atoms with E-state index in [2.05, 4.69) is 16.0 Å². The van der Waals surface area contributed by atoms with E-state index in [-0.39, 0.29) is 17.9 Å². The van der Waals surface area contributed by atoms with Crippen molar-refractivity contribution in [3.05, 3.63) is 48.3 Å². The van der Waals surface area contributed by atoms with Gasteiger partial charge in [0.1, 0.15) is 23.5 Å². The molecule has 174 valence electrons. The van der Waals surface area contributed by atoms with Crippen molar-refractivity contribution in [3.8, 4) is 28.8 Å². The first kappa shape index (κ1) is 22.1. The first-order valence-electron chi connectivity index (χ1n) is 11.5. The molecule has 0 saturated carbocycles. The molecule has 8 heteroatoms. The summed E-state index contributed by atoms with van der Waals surface area (Å²) in [5.74, 6) is 1.32. The monoisotopic (exact) mass is 458 g/mol. The molecule has 2 fully saturated rings. The summed E-state index contributed by atoms with van der Waals surface area (Å²) in [4.78, 5) is 23.5. The number of fused-ring (bicyclic) bond motifs is 1. The van der Waals surface area contributed by atoms with Crippen molar-refractivity contribution >= 4 is 16.8 Å². The number of rotatable bonds is 5. The second-order valence-corrected chi connectivity index (χ2v) is 8.63. The smallest absolute Gasteiger partial charge is 0.231 e. The van der Waals surface area contributed by atoms with Gasteiger partial charge in [0.15, 0.2) is 0 Å². The quantitative estimate of drug-likeness (QED) is 0.576. The van der Waals surface area contributed by atoms with Gasteiger partial charge in [0.2, 0.25) is 11.8 Å². The Morgan fingerprint density at radius 2 is 2.03 bits per heavy atom. The highest BCUT2D eigenvalue weighted by Gasteiger charge is 2.32. The average Bonchev–Trinajstić information content (AvgIpc) is 3.36. The van der Waals surface area contributed by atoms with Gasteiger partial charge in [-0.3, -0.25) is 9.78 Å². The summed E-state index contributed by atoms with van der Waals surface area (Å²) < 4.78 is 16.8. The van der Waals surface area contributed by atoms with Gasteiger partial charge in [-0.25, -0.2) is 4.98 Å². The number of carbonyl (C=O) groups excluding carboxylic acids is 1. The van der Waals surface area contributed by atoms with Gasteiger partial charge in [-0.1, -0.05) is 0 Å². The molecule has 0 spiro atoms. The zero-order chi connectivity index (χ0) is 23.5.